The topological polar surface area (TPSA) is 89.8 Å². The predicted octanol–water partition coefficient (Wildman–Crippen LogP) is 3.34. The molecule has 3 saturated heterocycles. The van der Waals surface area contributed by atoms with E-state index < -0.39 is 16.1 Å². The van der Waals surface area contributed by atoms with E-state index in [1.165, 1.54) is 0 Å². The summed E-state index contributed by atoms with van der Waals surface area (Å²) in [6, 6.07) is 18.6. The van der Waals surface area contributed by atoms with Gasteiger partial charge in [0.2, 0.25) is 22.0 Å². The number of hydrazine groups is 1. The summed E-state index contributed by atoms with van der Waals surface area (Å²) in [5.41, 5.74) is 1.85. The normalized spacial score (nSPS) is 27.2. The zero-order valence-electron chi connectivity index (χ0n) is 21.4. The molecule has 9 heteroatoms. The van der Waals surface area contributed by atoms with E-state index in [4.69, 9.17) is 0 Å². The van der Waals surface area contributed by atoms with Crippen LogP contribution in [0.2, 0.25) is 0 Å². The molecule has 0 saturated carbocycles. The third-order valence-corrected chi connectivity index (χ3v) is 10.4. The minimum absolute atomic E-state index is 0.0377. The number of hydrogen-bond acceptors (Lipinski definition) is 4. The number of fused-ring (bicyclic) bond motifs is 1. The molecule has 3 aliphatic rings. The van der Waals surface area contributed by atoms with Gasteiger partial charge in [-0.3, -0.25) is 4.79 Å². The first-order chi connectivity index (χ1) is 17.8. The number of hydrogen-bond donors (Lipinski definition) is 1. The third-order valence-electron chi connectivity index (χ3n) is 8.55. The summed E-state index contributed by atoms with van der Waals surface area (Å²) in [4.78, 5) is 27.2. The van der Waals surface area contributed by atoms with Crippen LogP contribution in [0.5, 0.6) is 0 Å². The maximum Gasteiger partial charge on any atom is 0.245 e. The molecule has 4 unspecified atom stereocenters. The molecule has 8 nitrogen and oxygen atoms in total. The van der Waals surface area contributed by atoms with E-state index in [-0.39, 0.29) is 23.6 Å². The van der Waals surface area contributed by atoms with Gasteiger partial charge in [0.15, 0.2) is 0 Å². The van der Waals surface area contributed by atoms with Crippen LogP contribution in [-0.4, -0.2) is 60.2 Å². The second-order valence-corrected chi connectivity index (χ2v) is 12.7. The van der Waals surface area contributed by atoms with Crippen molar-refractivity contribution >= 4 is 15.9 Å². The number of amides is 1. The average Bonchev–Trinajstić information content (AvgIpc) is 3.17. The number of nitroso groups, excluding NO2 is 1. The number of benzene rings is 2. The van der Waals surface area contributed by atoms with Gasteiger partial charge in [-0.2, -0.15) is 0 Å². The Labute approximate surface area is 219 Å². The molecular formula is C28H37N4O4S+. The van der Waals surface area contributed by atoms with Gasteiger partial charge in [0, 0.05) is 26.6 Å². The second-order valence-electron chi connectivity index (χ2n) is 10.8. The third kappa shape index (κ3) is 5.57. The largest absolute Gasteiger partial charge is 0.351 e. The maximum atomic E-state index is 13.2. The van der Waals surface area contributed by atoms with Crippen LogP contribution in [0.3, 0.4) is 0 Å². The van der Waals surface area contributed by atoms with Crippen LogP contribution < -0.4 is 5.32 Å². The molecule has 3 fully saturated rings. The van der Waals surface area contributed by atoms with E-state index in [1.54, 1.807) is 4.31 Å². The van der Waals surface area contributed by atoms with Gasteiger partial charge in [-0.15, -0.1) is 5.01 Å². The van der Waals surface area contributed by atoms with Crippen LogP contribution in [0, 0.1) is 22.7 Å². The summed E-state index contributed by atoms with van der Waals surface area (Å²) in [6.07, 6.45) is 3.36. The Hall–Kier alpha value is -2.78. The lowest BCUT2D eigenvalue weighted by atomic mass is 9.74. The number of carbonyl (C=O) groups excluding carboxylic acids is 1. The van der Waals surface area contributed by atoms with Gasteiger partial charge in [-0.05, 0) is 48.6 Å². The Kier molecular flexibility index (Phi) is 7.62. The quantitative estimate of drug-likeness (QED) is 0.560. The highest BCUT2D eigenvalue weighted by atomic mass is 32.2. The molecule has 198 valence electrons. The van der Waals surface area contributed by atoms with Gasteiger partial charge >= 0.3 is 0 Å². The zero-order valence-corrected chi connectivity index (χ0v) is 22.2. The summed E-state index contributed by atoms with van der Waals surface area (Å²) in [6.45, 7) is 4.03. The molecule has 1 N–H and O–H groups in total. The highest BCUT2D eigenvalue weighted by Gasteiger charge is 2.58. The average molecular weight is 526 g/mol. The number of sulfonamides is 1. The van der Waals surface area contributed by atoms with Crippen LogP contribution in [0.1, 0.15) is 43.7 Å². The second kappa shape index (κ2) is 10.9. The molecule has 1 amide bonds. The summed E-state index contributed by atoms with van der Waals surface area (Å²) in [5, 5.41) is 4.91. The predicted molar refractivity (Wildman–Crippen MR) is 141 cm³/mol. The first-order valence-electron chi connectivity index (χ1n) is 13.4. The zero-order chi connectivity index (χ0) is 26.0. The molecule has 0 bridgehead atoms. The van der Waals surface area contributed by atoms with Gasteiger partial charge < -0.3 is 5.32 Å². The first-order valence-corrected chi connectivity index (χ1v) is 15.0. The fourth-order valence-corrected chi connectivity index (χ4v) is 8.07. The Balaban J connectivity index is 1.19. The van der Waals surface area contributed by atoms with Gasteiger partial charge in [0.05, 0.1) is 17.2 Å². The maximum absolute atomic E-state index is 13.2. The molecule has 3 heterocycles. The number of nitrogens with one attached hydrogen (secondary N) is 1. The van der Waals surface area contributed by atoms with Crippen molar-refractivity contribution in [3.05, 3.63) is 76.7 Å². The van der Waals surface area contributed by atoms with Crippen LogP contribution in [0.15, 0.2) is 60.7 Å². The van der Waals surface area contributed by atoms with E-state index in [0.29, 0.717) is 38.0 Å². The minimum Gasteiger partial charge on any atom is -0.351 e. The van der Waals surface area contributed by atoms with Crippen molar-refractivity contribution in [2.24, 2.45) is 17.8 Å². The van der Waals surface area contributed by atoms with E-state index in [0.717, 1.165) is 41.7 Å². The molecule has 4 atom stereocenters. The standard InChI is InChI=1S/C28H36N4O4S/c1-21-27(28(33)29-19-22-8-4-2-5-9-22)26-18-25(14-17-31(26)32(21)34)24-12-15-30(16-13-24)37(35,36)20-23-10-6-3-7-11-23/h2-11,21,24-27H,12-20H2,1H3/p+1. The van der Waals surface area contributed by atoms with Crippen LogP contribution in [0.4, 0.5) is 0 Å². The molecule has 0 spiro atoms. The lowest BCUT2D eigenvalue weighted by Gasteiger charge is -2.39. The molecule has 5 rings (SSSR count). The van der Waals surface area contributed by atoms with Gasteiger partial charge in [0.25, 0.3) is 0 Å². The van der Waals surface area contributed by atoms with E-state index in [2.05, 4.69) is 5.32 Å². The highest BCUT2D eigenvalue weighted by Crippen LogP contribution is 2.41. The molecule has 2 aromatic carbocycles. The summed E-state index contributed by atoms with van der Waals surface area (Å²) < 4.78 is 27.6. The lowest BCUT2D eigenvalue weighted by Crippen LogP contribution is -2.48. The van der Waals surface area contributed by atoms with Gasteiger partial charge in [-0.25, -0.2) is 12.7 Å². The van der Waals surface area contributed by atoms with Crippen molar-refractivity contribution < 1.29 is 18.1 Å². The van der Waals surface area contributed by atoms with Crippen molar-refractivity contribution in [1.82, 2.24) is 14.6 Å². The van der Waals surface area contributed by atoms with Crippen LogP contribution in [-0.2, 0) is 27.1 Å². The molecule has 0 radical (unpaired) electrons. The van der Waals surface area contributed by atoms with Crippen molar-refractivity contribution in [3.63, 3.8) is 0 Å². The molecule has 0 aliphatic carbocycles. The molecule has 0 aromatic heterocycles. The smallest absolute Gasteiger partial charge is 0.245 e. The summed E-state index contributed by atoms with van der Waals surface area (Å²) in [5.74, 6) is 0.399. The molecule has 3 aliphatic heterocycles. The Morgan fingerprint density at radius 2 is 1.51 bits per heavy atom. The van der Waals surface area contributed by atoms with Crippen LogP contribution in [0.25, 0.3) is 0 Å². The number of piperidine rings is 2. The van der Waals surface area contributed by atoms with Gasteiger partial charge in [0.1, 0.15) is 16.8 Å². The molecular weight excluding hydrogens is 488 g/mol. The highest BCUT2D eigenvalue weighted by molar-refractivity contribution is 7.88. The Bertz CT molecular complexity index is 1200. The number of carbonyl (C=O) groups is 1. The SMILES string of the molecule is CC1C(C(=O)NCc2ccccc2)C2CC(C3CCN(S(=O)(=O)Cc4ccccc4)CC3)CCN2[N+]1=O. The number of nitrogens with zero attached hydrogens (tertiary/aromatic N) is 3. The van der Waals surface area contributed by atoms with E-state index >= 15 is 0 Å². The van der Waals surface area contributed by atoms with Crippen molar-refractivity contribution in [1.29, 1.82) is 0 Å². The van der Waals surface area contributed by atoms with E-state index in [1.807, 2.05) is 72.6 Å². The number of rotatable bonds is 7. The van der Waals surface area contributed by atoms with Crippen molar-refractivity contribution in [3.8, 4) is 0 Å². The Morgan fingerprint density at radius 1 is 0.919 bits per heavy atom. The van der Waals surface area contributed by atoms with Gasteiger partial charge in [-0.1, -0.05) is 60.7 Å². The fraction of sp³-hybridized carbons (Fsp3) is 0.536. The summed E-state index contributed by atoms with van der Waals surface area (Å²) >= 11 is 0. The van der Waals surface area contributed by atoms with Crippen molar-refractivity contribution in [2.45, 2.75) is 57.0 Å². The van der Waals surface area contributed by atoms with Crippen molar-refractivity contribution in [2.75, 3.05) is 19.6 Å². The Morgan fingerprint density at radius 3 is 2.16 bits per heavy atom. The lowest BCUT2D eigenvalue weighted by molar-refractivity contribution is -0.716. The van der Waals surface area contributed by atoms with Crippen LogP contribution >= 0.6 is 0 Å². The minimum atomic E-state index is -3.34. The first kappa shape index (κ1) is 25.9. The van der Waals surface area contributed by atoms with E-state index in [9.17, 15) is 18.1 Å². The molecule has 37 heavy (non-hydrogen) atoms. The fourth-order valence-electron chi connectivity index (χ4n) is 6.51. The summed E-state index contributed by atoms with van der Waals surface area (Å²) in [7, 11) is -3.34. The monoisotopic (exact) mass is 525 g/mol. The molecule has 2 aromatic rings.